The number of nitrogens with one attached hydrogen (secondary N) is 2. The third kappa shape index (κ3) is 5.48. The third-order valence-corrected chi connectivity index (χ3v) is 5.30. The number of carbonyl (C=O) groups is 2. The van der Waals surface area contributed by atoms with Crippen molar-refractivity contribution in [2.45, 2.75) is 32.4 Å². The van der Waals surface area contributed by atoms with Crippen LogP contribution in [0.4, 0.5) is 4.79 Å². The molecule has 0 saturated carbocycles. The molecule has 0 aliphatic carbocycles. The normalized spacial score (nSPS) is 13.6. The first-order valence-electron chi connectivity index (χ1n) is 10.5. The van der Waals surface area contributed by atoms with E-state index in [0.717, 1.165) is 42.9 Å². The van der Waals surface area contributed by atoms with Crippen LogP contribution in [0.15, 0.2) is 61.1 Å². The molecule has 1 aliphatic heterocycles. The molecule has 0 radical (unpaired) electrons. The molecule has 3 amide bonds. The molecule has 1 fully saturated rings. The highest BCUT2D eigenvalue weighted by atomic mass is 16.2. The number of rotatable bonds is 6. The van der Waals surface area contributed by atoms with Gasteiger partial charge in [0.2, 0.25) is 0 Å². The number of piperidine rings is 1. The molecular weight excluding hydrogens is 392 g/mol. The molecule has 1 aromatic carbocycles. The van der Waals surface area contributed by atoms with Gasteiger partial charge < -0.3 is 15.5 Å². The number of aromatic nitrogens is 3. The Hall–Kier alpha value is -3.68. The zero-order valence-electron chi connectivity index (χ0n) is 17.3. The van der Waals surface area contributed by atoms with Crippen LogP contribution >= 0.6 is 0 Å². The predicted octanol–water partition coefficient (Wildman–Crippen LogP) is 2.89. The van der Waals surface area contributed by atoms with E-state index in [0.29, 0.717) is 18.7 Å². The van der Waals surface area contributed by atoms with E-state index in [9.17, 15) is 9.59 Å². The van der Waals surface area contributed by atoms with Crippen molar-refractivity contribution in [1.82, 2.24) is 30.3 Å². The lowest BCUT2D eigenvalue weighted by atomic mass is 10.1. The minimum Gasteiger partial charge on any atom is -0.339 e. The number of likely N-dealkylation sites (tertiary alicyclic amines) is 1. The molecule has 8 nitrogen and oxygen atoms in total. The minimum atomic E-state index is -0.260. The topological polar surface area (TPSA) is 92.2 Å². The van der Waals surface area contributed by atoms with Crippen LogP contribution in [-0.2, 0) is 13.1 Å². The van der Waals surface area contributed by atoms with Gasteiger partial charge in [-0.1, -0.05) is 18.2 Å². The van der Waals surface area contributed by atoms with Gasteiger partial charge in [0.25, 0.3) is 5.91 Å². The van der Waals surface area contributed by atoms with E-state index in [-0.39, 0.29) is 11.9 Å². The zero-order chi connectivity index (χ0) is 21.5. The molecule has 1 aliphatic rings. The molecule has 0 unspecified atom stereocenters. The number of hydrogen-bond donors (Lipinski definition) is 2. The highest BCUT2D eigenvalue weighted by Gasteiger charge is 2.17. The molecule has 160 valence electrons. The molecule has 31 heavy (non-hydrogen) atoms. The van der Waals surface area contributed by atoms with Gasteiger partial charge in [0, 0.05) is 50.3 Å². The quantitative estimate of drug-likeness (QED) is 0.644. The van der Waals surface area contributed by atoms with Crippen molar-refractivity contribution in [1.29, 1.82) is 0 Å². The maximum absolute atomic E-state index is 12.5. The highest BCUT2D eigenvalue weighted by molar-refractivity contribution is 5.94. The Morgan fingerprint density at radius 1 is 0.903 bits per heavy atom. The Labute approximate surface area is 181 Å². The number of nitrogens with zero attached hydrogens (tertiary/aromatic N) is 4. The van der Waals surface area contributed by atoms with Crippen LogP contribution in [0.1, 0.15) is 40.7 Å². The van der Waals surface area contributed by atoms with E-state index in [1.807, 2.05) is 53.6 Å². The second-order valence-electron chi connectivity index (χ2n) is 7.56. The molecule has 8 heteroatoms. The Kier molecular flexibility index (Phi) is 6.56. The van der Waals surface area contributed by atoms with Crippen molar-refractivity contribution in [2.24, 2.45) is 0 Å². The van der Waals surface area contributed by atoms with E-state index in [1.54, 1.807) is 17.1 Å². The predicted molar refractivity (Wildman–Crippen MR) is 117 cm³/mol. The maximum atomic E-state index is 12.5. The average Bonchev–Trinajstić information content (AvgIpc) is 3.37. The minimum absolute atomic E-state index is 0.0872. The summed E-state index contributed by atoms with van der Waals surface area (Å²) in [5, 5.41) is 9.79. The van der Waals surface area contributed by atoms with Crippen molar-refractivity contribution in [3.63, 3.8) is 0 Å². The van der Waals surface area contributed by atoms with Gasteiger partial charge in [0.05, 0.1) is 0 Å². The summed E-state index contributed by atoms with van der Waals surface area (Å²) in [5.74, 6) is 0.810. The van der Waals surface area contributed by atoms with Crippen LogP contribution < -0.4 is 10.6 Å². The van der Waals surface area contributed by atoms with E-state index in [4.69, 9.17) is 0 Å². The number of carbonyl (C=O) groups excluding carboxylic acids is 2. The van der Waals surface area contributed by atoms with Gasteiger partial charge in [-0.05, 0) is 54.7 Å². The second kappa shape index (κ2) is 9.88. The summed E-state index contributed by atoms with van der Waals surface area (Å²) in [4.78, 5) is 30.9. The Morgan fingerprint density at radius 2 is 1.61 bits per heavy atom. The summed E-state index contributed by atoms with van der Waals surface area (Å²) in [6.07, 6.45) is 8.59. The van der Waals surface area contributed by atoms with Crippen LogP contribution in [-0.4, -0.2) is 44.7 Å². The van der Waals surface area contributed by atoms with Gasteiger partial charge in [-0.3, -0.25) is 4.79 Å². The summed E-state index contributed by atoms with van der Waals surface area (Å²) in [6, 6.07) is 12.8. The second-order valence-corrected chi connectivity index (χ2v) is 7.56. The van der Waals surface area contributed by atoms with E-state index in [1.165, 1.54) is 6.42 Å². The number of urea groups is 1. The fraction of sp³-hybridized carbons (Fsp3) is 0.304. The molecule has 0 bridgehead atoms. The molecule has 4 rings (SSSR count). The smallest absolute Gasteiger partial charge is 0.315 e. The third-order valence-electron chi connectivity index (χ3n) is 5.30. The Bertz CT molecular complexity index is 994. The fourth-order valence-corrected chi connectivity index (χ4v) is 3.53. The molecule has 1 saturated heterocycles. The van der Waals surface area contributed by atoms with Gasteiger partial charge in [0.1, 0.15) is 0 Å². The molecule has 2 aromatic heterocycles. The number of benzene rings is 1. The van der Waals surface area contributed by atoms with Gasteiger partial charge in [0.15, 0.2) is 5.82 Å². The number of amides is 3. The number of hydrogen-bond acceptors (Lipinski definition) is 4. The van der Waals surface area contributed by atoms with Crippen molar-refractivity contribution >= 4 is 11.9 Å². The van der Waals surface area contributed by atoms with Crippen molar-refractivity contribution < 1.29 is 9.59 Å². The molecule has 0 spiro atoms. The Morgan fingerprint density at radius 3 is 2.26 bits per heavy atom. The molecule has 3 heterocycles. The molecule has 3 aromatic rings. The fourth-order valence-electron chi connectivity index (χ4n) is 3.53. The summed E-state index contributed by atoms with van der Waals surface area (Å²) in [6.45, 7) is 2.44. The van der Waals surface area contributed by atoms with Gasteiger partial charge in [-0.2, -0.15) is 5.10 Å². The average molecular weight is 419 g/mol. The summed E-state index contributed by atoms with van der Waals surface area (Å²) in [7, 11) is 0. The van der Waals surface area contributed by atoms with Crippen molar-refractivity contribution in [3.8, 4) is 5.82 Å². The van der Waals surface area contributed by atoms with Gasteiger partial charge >= 0.3 is 6.03 Å². The van der Waals surface area contributed by atoms with Crippen LogP contribution in [0.2, 0.25) is 0 Å². The van der Waals surface area contributed by atoms with Gasteiger partial charge in [-0.25, -0.2) is 14.5 Å². The van der Waals surface area contributed by atoms with Crippen molar-refractivity contribution in [3.05, 3.63) is 77.7 Å². The molecular formula is C23H26N6O2. The van der Waals surface area contributed by atoms with Crippen LogP contribution in [0.25, 0.3) is 5.82 Å². The monoisotopic (exact) mass is 418 g/mol. The lowest BCUT2D eigenvalue weighted by Crippen LogP contribution is -2.35. The zero-order valence-corrected chi connectivity index (χ0v) is 17.3. The first-order chi connectivity index (χ1) is 15.2. The summed E-state index contributed by atoms with van der Waals surface area (Å²) >= 11 is 0. The lowest BCUT2D eigenvalue weighted by molar-refractivity contribution is 0.0724. The highest BCUT2D eigenvalue weighted by Crippen LogP contribution is 2.14. The number of pyridine rings is 1. The van der Waals surface area contributed by atoms with E-state index in [2.05, 4.69) is 20.7 Å². The SMILES string of the molecule is O=C(NCc1ccc(C(=O)N2CCCCC2)cc1)NCc1ccc(-n2cccn2)nc1. The van der Waals surface area contributed by atoms with Crippen molar-refractivity contribution in [2.75, 3.05) is 13.1 Å². The maximum Gasteiger partial charge on any atom is 0.315 e. The summed E-state index contributed by atoms with van der Waals surface area (Å²) in [5.41, 5.74) is 2.53. The molecule has 2 N–H and O–H groups in total. The van der Waals surface area contributed by atoms with E-state index >= 15 is 0 Å². The first kappa shape index (κ1) is 20.6. The van der Waals surface area contributed by atoms with Gasteiger partial charge in [-0.15, -0.1) is 0 Å². The van der Waals surface area contributed by atoms with Crippen LogP contribution in [0, 0.1) is 0 Å². The first-order valence-corrected chi connectivity index (χ1v) is 10.5. The lowest BCUT2D eigenvalue weighted by Gasteiger charge is -2.26. The summed E-state index contributed by atoms with van der Waals surface area (Å²) < 4.78 is 1.68. The van der Waals surface area contributed by atoms with E-state index < -0.39 is 0 Å². The largest absolute Gasteiger partial charge is 0.339 e. The Balaban J connectivity index is 1.22. The van der Waals surface area contributed by atoms with Crippen LogP contribution in [0.3, 0.4) is 0 Å². The molecule has 0 atom stereocenters. The van der Waals surface area contributed by atoms with Crippen LogP contribution in [0.5, 0.6) is 0 Å². The standard InChI is InChI=1S/C23H26N6O2/c30-22(28-12-2-1-3-13-28)20-8-5-18(6-9-20)15-25-23(31)26-17-19-7-10-21(24-16-19)29-14-4-11-27-29/h4-11,14,16H,1-3,12-13,15,17H2,(H2,25,26,31).